The number of nitrogens with zero attached hydrogens (tertiary/aromatic N) is 4. The molecule has 0 spiro atoms. The van der Waals surface area contributed by atoms with Gasteiger partial charge in [-0.2, -0.15) is 4.98 Å². The molecule has 0 aliphatic carbocycles. The molecular formula is C21H26N4O2. The first-order chi connectivity index (χ1) is 13.0. The second-order valence-corrected chi connectivity index (χ2v) is 7.84. The summed E-state index contributed by atoms with van der Waals surface area (Å²) in [4.78, 5) is 19.7. The Labute approximate surface area is 159 Å². The molecule has 1 amide bonds. The van der Waals surface area contributed by atoms with Gasteiger partial charge < -0.3 is 14.0 Å². The molecule has 1 saturated heterocycles. The van der Waals surface area contributed by atoms with Crippen LogP contribution in [0.1, 0.15) is 66.3 Å². The fourth-order valence-electron chi connectivity index (χ4n) is 4.00. The van der Waals surface area contributed by atoms with Crippen molar-refractivity contribution in [1.82, 2.24) is 19.6 Å². The molecule has 1 aromatic carbocycles. The highest BCUT2D eigenvalue weighted by Crippen LogP contribution is 2.29. The number of carbonyl (C=O) groups is 1. The van der Waals surface area contributed by atoms with E-state index in [1.165, 1.54) is 5.56 Å². The van der Waals surface area contributed by atoms with Gasteiger partial charge in [-0.15, -0.1) is 0 Å². The van der Waals surface area contributed by atoms with Crippen molar-refractivity contribution in [2.75, 3.05) is 13.1 Å². The van der Waals surface area contributed by atoms with E-state index in [9.17, 15) is 4.79 Å². The monoisotopic (exact) mass is 366 g/mol. The van der Waals surface area contributed by atoms with Crippen molar-refractivity contribution < 1.29 is 9.32 Å². The third-order valence-electron chi connectivity index (χ3n) is 5.51. The van der Waals surface area contributed by atoms with E-state index in [2.05, 4.69) is 29.2 Å². The van der Waals surface area contributed by atoms with Crippen LogP contribution >= 0.6 is 0 Å². The molecule has 1 aliphatic heterocycles. The number of likely N-dealkylation sites (tertiary alicyclic amines) is 1. The van der Waals surface area contributed by atoms with Gasteiger partial charge in [-0.25, -0.2) is 0 Å². The zero-order valence-electron chi connectivity index (χ0n) is 16.4. The van der Waals surface area contributed by atoms with Crippen molar-refractivity contribution in [2.45, 2.75) is 45.4 Å². The van der Waals surface area contributed by atoms with Gasteiger partial charge in [0.25, 0.3) is 5.91 Å². The van der Waals surface area contributed by atoms with Crippen molar-refractivity contribution >= 4 is 16.8 Å². The van der Waals surface area contributed by atoms with Crippen molar-refractivity contribution in [3.8, 4) is 0 Å². The molecule has 0 N–H and O–H groups in total. The molecule has 6 heteroatoms. The van der Waals surface area contributed by atoms with Crippen molar-refractivity contribution in [1.29, 1.82) is 0 Å². The number of rotatable bonds is 3. The summed E-state index contributed by atoms with van der Waals surface area (Å²) >= 11 is 0. The summed E-state index contributed by atoms with van der Waals surface area (Å²) in [6, 6.07) is 8.17. The quantitative estimate of drug-likeness (QED) is 0.702. The number of amides is 1. The van der Waals surface area contributed by atoms with Gasteiger partial charge in [0.1, 0.15) is 5.69 Å². The molecule has 1 fully saturated rings. The Morgan fingerprint density at radius 2 is 2.15 bits per heavy atom. The molecule has 4 rings (SSSR count). The third-order valence-corrected chi connectivity index (χ3v) is 5.51. The maximum Gasteiger partial charge on any atom is 0.270 e. The number of hydrogen-bond donors (Lipinski definition) is 0. The molecule has 3 heterocycles. The van der Waals surface area contributed by atoms with Crippen LogP contribution in [0.2, 0.25) is 0 Å². The smallest absolute Gasteiger partial charge is 0.270 e. The number of aromatic nitrogens is 3. The number of benzene rings is 1. The second-order valence-electron chi connectivity index (χ2n) is 7.84. The van der Waals surface area contributed by atoms with E-state index >= 15 is 0 Å². The molecule has 0 bridgehead atoms. The molecule has 0 radical (unpaired) electrons. The Kier molecular flexibility index (Phi) is 4.50. The topological polar surface area (TPSA) is 64.2 Å². The highest BCUT2D eigenvalue weighted by molar-refractivity contribution is 5.99. The highest BCUT2D eigenvalue weighted by atomic mass is 16.5. The number of para-hydroxylation sites is 1. The molecule has 3 aromatic rings. The lowest BCUT2D eigenvalue weighted by atomic mass is 9.97. The summed E-state index contributed by atoms with van der Waals surface area (Å²) in [6.45, 7) is 7.57. The van der Waals surface area contributed by atoms with Gasteiger partial charge in [-0.3, -0.25) is 4.79 Å². The SMILES string of the molecule is Cc1cccc2cc(C(=O)N3CCC[C@@H](c4nc(C(C)C)no4)C3)n(C)c12. The van der Waals surface area contributed by atoms with E-state index in [0.29, 0.717) is 12.4 Å². The number of hydrogen-bond acceptors (Lipinski definition) is 4. The summed E-state index contributed by atoms with van der Waals surface area (Å²) in [5.74, 6) is 1.81. The zero-order chi connectivity index (χ0) is 19.1. The lowest BCUT2D eigenvalue weighted by molar-refractivity contribution is 0.0686. The first-order valence-corrected chi connectivity index (χ1v) is 9.63. The average Bonchev–Trinajstić information content (AvgIpc) is 3.27. The molecule has 2 aromatic heterocycles. The molecule has 6 nitrogen and oxygen atoms in total. The fourth-order valence-corrected chi connectivity index (χ4v) is 4.00. The lowest BCUT2D eigenvalue weighted by Crippen LogP contribution is -2.39. The average molecular weight is 366 g/mol. The van der Waals surface area contributed by atoms with E-state index in [-0.39, 0.29) is 17.7 Å². The van der Waals surface area contributed by atoms with Crippen LogP contribution in [-0.2, 0) is 7.05 Å². The molecular weight excluding hydrogens is 340 g/mol. The summed E-state index contributed by atoms with van der Waals surface area (Å²) in [5, 5.41) is 5.18. The van der Waals surface area contributed by atoms with Crippen LogP contribution in [0.15, 0.2) is 28.8 Å². The van der Waals surface area contributed by atoms with Gasteiger partial charge in [0.2, 0.25) is 5.89 Å². The number of aryl methyl sites for hydroxylation is 2. The Hall–Kier alpha value is -2.63. The van der Waals surface area contributed by atoms with Crippen molar-refractivity contribution in [3.05, 3.63) is 47.2 Å². The van der Waals surface area contributed by atoms with Crippen LogP contribution in [0.5, 0.6) is 0 Å². The fraction of sp³-hybridized carbons (Fsp3) is 0.476. The molecule has 142 valence electrons. The van der Waals surface area contributed by atoms with E-state index in [4.69, 9.17) is 4.52 Å². The first-order valence-electron chi connectivity index (χ1n) is 9.63. The minimum absolute atomic E-state index is 0.0707. The van der Waals surface area contributed by atoms with Gasteiger partial charge in [0.15, 0.2) is 5.82 Å². The Morgan fingerprint density at radius 1 is 1.33 bits per heavy atom. The van der Waals surface area contributed by atoms with Gasteiger partial charge in [-0.1, -0.05) is 37.2 Å². The summed E-state index contributed by atoms with van der Waals surface area (Å²) < 4.78 is 7.50. The predicted molar refractivity (Wildman–Crippen MR) is 104 cm³/mol. The number of carbonyl (C=O) groups excluding carboxylic acids is 1. The first kappa shape index (κ1) is 17.8. The van der Waals surface area contributed by atoms with Crippen LogP contribution < -0.4 is 0 Å². The standard InChI is InChI=1S/C21H26N4O2/c1-13(2)19-22-20(27-23-19)16-9-6-10-25(12-16)21(26)17-11-15-8-5-7-14(3)18(15)24(17)4/h5,7-8,11,13,16H,6,9-10,12H2,1-4H3/t16-/m1/s1. The summed E-state index contributed by atoms with van der Waals surface area (Å²) in [7, 11) is 1.97. The summed E-state index contributed by atoms with van der Waals surface area (Å²) in [6.07, 6.45) is 1.91. The second kappa shape index (κ2) is 6.83. The van der Waals surface area contributed by atoms with E-state index in [1.54, 1.807) is 0 Å². The van der Waals surface area contributed by atoms with E-state index < -0.39 is 0 Å². The van der Waals surface area contributed by atoms with Gasteiger partial charge in [0, 0.05) is 31.4 Å². The number of piperidine rings is 1. The van der Waals surface area contributed by atoms with Crippen LogP contribution in [0.25, 0.3) is 10.9 Å². The van der Waals surface area contributed by atoms with Gasteiger partial charge >= 0.3 is 0 Å². The normalized spacial score (nSPS) is 17.8. The van der Waals surface area contributed by atoms with Crippen LogP contribution in [-0.4, -0.2) is 38.6 Å². The third kappa shape index (κ3) is 3.13. The van der Waals surface area contributed by atoms with Gasteiger partial charge in [0.05, 0.1) is 11.4 Å². The Morgan fingerprint density at radius 3 is 2.85 bits per heavy atom. The number of fused-ring (bicyclic) bond motifs is 1. The maximum atomic E-state index is 13.2. The predicted octanol–water partition coefficient (Wildman–Crippen LogP) is 4.01. The Bertz CT molecular complexity index is 985. The highest BCUT2D eigenvalue weighted by Gasteiger charge is 2.30. The Balaban J connectivity index is 1.58. The van der Waals surface area contributed by atoms with Crippen molar-refractivity contribution in [3.63, 3.8) is 0 Å². The molecule has 0 unspecified atom stereocenters. The van der Waals surface area contributed by atoms with Crippen LogP contribution in [0, 0.1) is 6.92 Å². The lowest BCUT2D eigenvalue weighted by Gasteiger charge is -2.31. The van der Waals surface area contributed by atoms with Crippen LogP contribution in [0.3, 0.4) is 0 Å². The van der Waals surface area contributed by atoms with E-state index in [0.717, 1.165) is 41.8 Å². The largest absolute Gasteiger partial charge is 0.339 e. The minimum atomic E-state index is 0.0707. The van der Waals surface area contributed by atoms with E-state index in [1.807, 2.05) is 42.5 Å². The maximum absolute atomic E-state index is 13.2. The molecule has 0 saturated carbocycles. The molecule has 27 heavy (non-hydrogen) atoms. The molecule has 1 aliphatic rings. The summed E-state index contributed by atoms with van der Waals surface area (Å²) in [5.41, 5.74) is 3.03. The van der Waals surface area contributed by atoms with Gasteiger partial charge in [-0.05, 0) is 31.4 Å². The molecule has 1 atom stereocenters. The van der Waals surface area contributed by atoms with Crippen LogP contribution in [0.4, 0.5) is 0 Å². The zero-order valence-corrected chi connectivity index (χ0v) is 16.4. The van der Waals surface area contributed by atoms with Crippen molar-refractivity contribution in [2.24, 2.45) is 7.05 Å². The minimum Gasteiger partial charge on any atom is -0.339 e.